The number of hydrogen-bond acceptors (Lipinski definition) is 2. The number of anilines is 1. The fourth-order valence-electron chi connectivity index (χ4n) is 3.17. The van der Waals surface area contributed by atoms with Crippen molar-refractivity contribution in [2.24, 2.45) is 0 Å². The average Bonchev–Trinajstić information content (AvgIpc) is 2.97. The molecule has 0 radical (unpaired) electrons. The molecule has 1 saturated heterocycles. The highest BCUT2D eigenvalue weighted by molar-refractivity contribution is 9.10. The maximum Gasteiger partial charge on any atom is 0.234 e. The molecule has 0 bridgehead atoms. The second-order valence-electron chi connectivity index (χ2n) is 5.44. The normalized spacial score (nSPS) is 16.3. The molecule has 4 heteroatoms. The van der Waals surface area contributed by atoms with Gasteiger partial charge in [-0.05, 0) is 52.9 Å². The molecule has 0 atom stereocenters. The van der Waals surface area contributed by atoms with Crippen LogP contribution < -0.4 is 4.90 Å². The molecule has 1 fully saturated rings. The second kappa shape index (κ2) is 4.53. The highest BCUT2D eigenvalue weighted by Crippen LogP contribution is 2.40. The first-order valence-corrected chi connectivity index (χ1v) is 7.70. The van der Waals surface area contributed by atoms with Gasteiger partial charge in [0, 0.05) is 17.3 Å². The van der Waals surface area contributed by atoms with Crippen molar-refractivity contribution in [3.05, 3.63) is 52.0 Å². The average molecular weight is 342 g/mol. The number of carbonyl (C=O) groups excluding carboxylic acids is 2. The van der Waals surface area contributed by atoms with E-state index in [0.717, 1.165) is 10.9 Å². The van der Waals surface area contributed by atoms with Crippen LogP contribution in [0, 0.1) is 0 Å². The molecule has 0 aromatic heterocycles. The van der Waals surface area contributed by atoms with E-state index >= 15 is 0 Å². The summed E-state index contributed by atoms with van der Waals surface area (Å²) in [6.45, 7) is 0. The lowest BCUT2D eigenvalue weighted by Crippen LogP contribution is -2.28. The number of fused-ring (bicyclic) bond motifs is 3. The van der Waals surface area contributed by atoms with Crippen molar-refractivity contribution in [2.75, 3.05) is 4.90 Å². The number of amides is 2. The minimum atomic E-state index is -0.0989. The van der Waals surface area contributed by atoms with Gasteiger partial charge in [0.25, 0.3) is 0 Å². The molecule has 0 spiro atoms. The molecule has 0 saturated carbocycles. The molecule has 1 aliphatic carbocycles. The fraction of sp³-hybridized carbons (Fsp3) is 0.176. The van der Waals surface area contributed by atoms with Crippen LogP contribution >= 0.6 is 15.9 Å². The van der Waals surface area contributed by atoms with E-state index in [2.05, 4.69) is 28.1 Å². The molecule has 21 heavy (non-hydrogen) atoms. The molecular formula is C17H12BrNO2. The van der Waals surface area contributed by atoms with Gasteiger partial charge < -0.3 is 0 Å². The molecule has 4 rings (SSSR count). The summed E-state index contributed by atoms with van der Waals surface area (Å²) in [6, 6.07) is 12.1. The van der Waals surface area contributed by atoms with Crippen LogP contribution in [0.1, 0.15) is 24.0 Å². The summed E-state index contributed by atoms with van der Waals surface area (Å²) < 4.78 is 1.07. The van der Waals surface area contributed by atoms with E-state index in [1.165, 1.54) is 27.2 Å². The lowest BCUT2D eigenvalue weighted by molar-refractivity contribution is -0.121. The van der Waals surface area contributed by atoms with Gasteiger partial charge in [-0.3, -0.25) is 14.5 Å². The third-order valence-electron chi connectivity index (χ3n) is 4.14. The van der Waals surface area contributed by atoms with Gasteiger partial charge >= 0.3 is 0 Å². The largest absolute Gasteiger partial charge is 0.274 e. The molecule has 3 nitrogen and oxygen atoms in total. The molecule has 1 aliphatic heterocycles. The Bertz CT molecular complexity index is 781. The standard InChI is InChI=1S/C17H12BrNO2/c18-12-1-3-14-10(8-12)7-11-9-13(2-4-15(11)14)19-16(20)5-6-17(19)21/h1-4,8-9H,5-7H2. The summed E-state index contributed by atoms with van der Waals surface area (Å²) in [5.41, 5.74) is 5.58. The highest BCUT2D eigenvalue weighted by atomic mass is 79.9. The second-order valence-corrected chi connectivity index (χ2v) is 6.36. The molecule has 2 aromatic carbocycles. The van der Waals surface area contributed by atoms with Crippen LogP contribution in [0.15, 0.2) is 40.9 Å². The van der Waals surface area contributed by atoms with Crippen LogP contribution in [-0.4, -0.2) is 11.8 Å². The summed E-state index contributed by atoms with van der Waals surface area (Å²) >= 11 is 3.50. The van der Waals surface area contributed by atoms with Crippen LogP contribution in [-0.2, 0) is 16.0 Å². The van der Waals surface area contributed by atoms with Crippen molar-refractivity contribution >= 4 is 33.4 Å². The number of imide groups is 1. The van der Waals surface area contributed by atoms with Crippen molar-refractivity contribution in [3.8, 4) is 11.1 Å². The van der Waals surface area contributed by atoms with Crippen molar-refractivity contribution in [1.29, 1.82) is 0 Å². The Morgan fingerprint density at radius 1 is 0.857 bits per heavy atom. The Morgan fingerprint density at radius 3 is 2.19 bits per heavy atom. The number of carbonyl (C=O) groups is 2. The topological polar surface area (TPSA) is 37.4 Å². The van der Waals surface area contributed by atoms with Crippen LogP contribution in [0.5, 0.6) is 0 Å². The Kier molecular flexibility index (Phi) is 2.76. The Morgan fingerprint density at radius 2 is 1.48 bits per heavy atom. The molecule has 2 aliphatic rings. The fourth-order valence-corrected chi connectivity index (χ4v) is 3.58. The van der Waals surface area contributed by atoms with Crippen molar-refractivity contribution in [3.63, 3.8) is 0 Å². The van der Waals surface area contributed by atoms with Crippen molar-refractivity contribution in [2.45, 2.75) is 19.3 Å². The SMILES string of the molecule is O=C1CCC(=O)N1c1ccc2c(c1)Cc1cc(Br)ccc1-2. The smallest absolute Gasteiger partial charge is 0.234 e. The van der Waals surface area contributed by atoms with E-state index in [1.807, 2.05) is 24.3 Å². The third kappa shape index (κ3) is 1.94. The van der Waals surface area contributed by atoms with E-state index in [0.29, 0.717) is 18.5 Å². The van der Waals surface area contributed by atoms with Gasteiger partial charge in [0.15, 0.2) is 0 Å². The number of nitrogens with zero attached hydrogens (tertiary/aromatic N) is 1. The minimum absolute atomic E-state index is 0.0989. The Hall–Kier alpha value is -1.94. The predicted octanol–water partition coefficient (Wildman–Crippen LogP) is 3.67. The summed E-state index contributed by atoms with van der Waals surface area (Å²) in [7, 11) is 0. The quantitative estimate of drug-likeness (QED) is 0.633. The maximum absolute atomic E-state index is 11.8. The van der Waals surface area contributed by atoms with Gasteiger partial charge in [0.05, 0.1) is 5.69 Å². The van der Waals surface area contributed by atoms with Crippen molar-refractivity contribution in [1.82, 2.24) is 0 Å². The summed E-state index contributed by atoms with van der Waals surface area (Å²) in [5.74, 6) is -0.198. The van der Waals surface area contributed by atoms with E-state index < -0.39 is 0 Å². The maximum atomic E-state index is 11.8. The van der Waals surface area contributed by atoms with E-state index in [1.54, 1.807) is 0 Å². The van der Waals surface area contributed by atoms with Gasteiger partial charge in [0.1, 0.15) is 0 Å². The molecule has 104 valence electrons. The lowest BCUT2D eigenvalue weighted by Gasteiger charge is -2.15. The van der Waals surface area contributed by atoms with Gasteiger partial charge in [0.2, 0.25) is 11.8 Å². The molecular weight excluding hydrogens is 330 g/mol. The molecule has 2 amide bonds. The van der Waals surface area contributed by atoms with Crippen LogP contribution in [0.2, 0.25) is 0 Å². The zero-order valence-electron chi connectivity index (χ0n) is 11.2. The lowest BCUT2D eigenvalue weighted by atomic mass is 10.1. The zero-order valence-corrected chi connectivity index (χ0v) is 12.8. The molecule has 2 aromatic rings. The van der Waals surface area contributed by atoms with Crippen LogP contribution in [0.4, 0.5) is 5.69 Å². The number of halogens is 1. The Labute approximate surface area is 130 Å². The summed E-state index contributed by atoms with van der Waals surface area (Å²) in [4.78, 5) is 25.0. The first kappa shape index (κ1) is 12.8. The number of benzene rings is 2. The van der Waals surface area contributed by atoms with E-state index in [-0.39, 0.29) is 11.8 Å². The first-order chi connectivity index (χ1) is 10.1. The van der Waals surface area contributed by atoms with E-state index in [4.69, 9.17) is 0 Å². The van der Waals surface area contributed by atoms with Gasteiger partial charge in [-0.25, -0.2) is 0 Å². The van der Waals surface area contributed by atoms with Gasteiger partial charge in [-0.1, -0.05) is 28.1 Å². The molecule has 1 heterocycles. The van der Waals surface area contributed by atoms with Crippen LogP contribution in [0.25, 0.3) is 11.1 Å². The Balaban J connectivity index is 1.78. The number of rotatable bonds is 1. The predicted molar refractivity (Wildman–Crippen MR) is 84.1 cm³/mol. The molecule has 0 unspecified atom stereocenters. The third-order valence-corrected chi connectivity index (χ3v) is 4.63. The van der Waals surface area contributed by atoms with Gasteiger partial charge in [-0.15, -0.1) is 0 Å². The minimum Gasteiger partial charge on any atom is -0.274 e. The van der Waals surface area contributed by atoms with Crippen LogP contribution in [0.3, 0.4) is 0 Å². The first-order valence-electron chi connectivity index (χ1n) is 6.91. The summed E-state index contributed by atoms with van der Waals surface area (Å²) in [6.07, 6.45) is 1.49. The highest BCUT2D eigenvalue weighted by Gasteiger charge is 2.31. The molecule has 0 N–H and O–H groups in total. The zero-order chi connectivity index (χ0) is 14.6. The van der Waals surface area contributed by atoms with Gasteiger partial charge in [-0.2, -0.15) is 0 Å². The number of hydrogen-bond donors (Lipinski definition) is 0. The van der Waals surface area contributed by atoms with E-state index in [9.17, 15) is 9.59 Å². The van der Waals surface area contributed by atoms with Crippen molar-refractivity contribution < 1.29 is 9.59 Å². The monoisotopic (exact) mass is 341 g/mol. The summed E-state index contributed by atoms with van der Waals surface area (Å²) in [5, 5.41) is 0.